The van der Waals surface area contributed by atoms with E-state index in [1.165, 1.54) is 24.6 Å². The van der Waals surface area contributed by atoms with Crippen molar-refractivity contribution < 1.29 is 14.3 Å². The zero-order valence-electron chi connectivity index (χ0n) is 15.2. The molecule has 1 aromatic carbocycles. The third-order valence-corrected chi connectivity index (χ3v) is 5.71. The van der Waals surface area contributed by atoms with E-state index in [-0.39, 0.29) is 23.3 Å². The van der Waals surface area contributed by atoms with E-state index in [2.05, 4.69) is 0 Å². The average molecular weight is 370 g/mol. The van der Waals surface area contributed by atoms with Gasteiger partial charge in [0, 0.05) is 31.4 Å². The molecule has 0 bridgehead atoms. The number of halogens is 1. The maximum absolute atomic E-state index is 13.1. The number of aromatic nitrogens is 1. The summed E-state index contributed by atoms with van der Waals surface area (Å²) in [4.78, 5) is 27.0. The minimum absolute atomic E-state index is 0.0939. The molecule has 142 valence electrons. The highest BCUT2D eigenvalue weighted by atomic mass is 19.1. The molecular weight excluding hydrogens is 347 g/mol. The molecule has 1 amide bonds. The van der Waals surface area contributed by atoms with Crippen LogP contribution in [0.15, 0.2) is 35.1 Å². The summed E-state index contributed by atoms with van der Waals surface area (Å²) >= 11 is 0. The Morgan fingerprint density at radius 3 is 2.44 bits per heavy atom. The van der Waals surface area contributed by atoms with Gasteiger partial charge >= 0.3 is 0 Å². The fraction of sp³-hybridized carbons (Fsp3) is 0.429. The van der Waals surface area contributed by atoms with Gasteiger partial charge < -0.3 is 14.6 Å². The van der Waals surface area contributed by atoms with Crippen LogP contribution < -0.4 is 5.43 Å². The second-order valence-corrected chi connectivity index (χ2v) is 7.47. The number of rotatable bonds is 3. The molecule has 1 aliphatic heterocycles. The maximum atomic E-state index is 13.1. The molecule has 0 spiro atoms. The first-order chi connectivity index (χ1) is 13.0. The monoisotopic (exact) mass is 370 g/mol. The van der Waals surface area contributed by atoms with Gasteiger partial charge in [-0.2, -0.15) is 0 Å². The van der Waals surface area contributed by atoms with Crippen molar-refractivity contribution in [2.24, 2.45) is 0 Å². The smallest absolute Gasteiger partial charge is 0.274 e. The van der Waals surface area contributed by atoms with E-state index in [9.17, 15) is 19.1 Å². The van der Waals surface area contributed by atoms with Crippen molar-refractivity contribution >= 4 is 5.91 Å². The Bertz CT molecular complexity index is 914. The number of hydrogen-bond acceptors (Lipinski definition) is 3. The second-order valence-electron chi connectivity index (χ2n) is 7.47. The van der Waals surface area contributed by atoms with Crippen LogP contribution >= 0.6 is 0 Å². The van der Waals surface area contributed by atoms with Crippen molar-refractivity contribution in [3.8, 4) is 5.75 Å². The lowest BCUT2D eigenvalue weighted by Gasteiger charge is -2.34. The van der Waals surface area contributed by atoms with E-state index in [1.54, 1.807) is 17.0 Å². The third-order valence-electron chi connectivity index (χ3n) is 5.71. The van der Waals surface area contributed by atoms with Crippen LogP contribution in [0.25, 0.3) is 0 Å². The Balaban J connectivity index is 1.68. The zero-order chi connectivity index (χ0) is 19.0. The third kappa shape index (κ3) is 3.36. The summed E-state index contributed by atoms with van der Waals surface area (Å²) in [7, 11) is 0. The maximum Gasteiger partial charge on any atom is 0.274 e. The fourth-order valence-corrected chi connectivity index (χ4v) is 4.28. The van der Waals surface area contributed by atoms with Crippen LogP contribution in [0.4, 0.5) is 4.39 Å². The van der Waals surface area contributed by atoms with Crippen LogP contribution in [-0.2, 0) is 13.1 Å². The van der Waals surface area contributed by atoms with Crippen molar-refractivity contribution in [3.63, 3.8) is 0 Å². The molecule has 5 nitrogen and oxygen atoms in total. The summed E-state index contributed by atoms with van der Waals surface area (Å²) in [6.07, 6.45) is 5.48. The molecule has 27 heavy (non-hydrogen) atoms. The Morgan fingerprint density at radius 2 is 1.74 bits per heavy atom. The molecule has 1 aromatic heterocycles. The largest absolute Gasteiger partial charge is 0.503 e. The SMILES string of the molecule is O=C1c2c(O)c(=O)cc(C3CCCCC3)n2CCN1Cc1ccc(F)cc1. The highest BCUT2D eigenvalue weighted by Gasteiger charge is 2.32. The molecule has 6 heteroatoms. The van der Waals surface area contributed by atoms with Crippen LogP contribution in [0, 0.1) is 5.82 Å². The predicted molar refractivity (Wildman–Crippen MR) is 99.3 cm³/mol. The Morgan fingerprint density at radius 1 is 1.04 bits per heavy atom. The van der Waals surface area contributed by atoms with Gasteiger partial charge in [0.15, 0.2) is 11.4 Å². The normalized spacial score (nSPS) is 17.8. The lowest BCUT2D eigenvalue weighted by atomic mass is 9.86. The Kier molecular flexibility index (Phi) is 4.72. The number of nitrogens with zero attached hydrogens (tertiary/aromatic N) is 2. The topological polar surface area (TPSA) is 62.5 Å². The van der Waals surface area contributed by atoms with Crippen LogP contribution in [-0.4, -0.2) is 27.0 Å². The quantitative estimate of drug-likeness (QED) is 0.901. The van der Waals surface area contributed by atoms with Gasteiger partial charge in [-0.3, -0.25) is 9.59 Å². The van der Waals surface area contributed by atoms with Gasteiger partial charge in [0.2, 0.25) is 5.43 Å². The summed E-state index contributed by atoms with van der Waals surface area (Å²) in [5, 5.41) is 10.3. The average Bonchev–Trinajstić information content (AvgIpc) is 2.69. The van der Waals surface area contributed by atoms with E-state index < -0.39 is 11.2 Å². The van der Waals surface area contributed by atoms with E-state index in [4.69, 9.17) is 0 Å². The fourth-order valence-electron chi connectivity index (χ4n) is 4.28. The van der Waals surface area contributed by atoms with Crippen molar-refractivity contribution in [1.82, 2.24) is 9.47 Å². The molecule has 2 aromatic rings. The molecule has 1 N–H and O–H groups in total. The van der Waals surface area contributed by atoms with E-state index in [0.29, 0.717) is 19.6 Å². The number of carbonyl (C=O) groups excluding carboxylic acids is 1. The van der Waals surface area contributed by atoms with E-state index in [0.717, 1.165) is 36.9 Å². The summed E-state index contributed by atoms with van der Waals surface area (Å²) in [6, 6.07) is 7.52. The first kappa shape index (κ1) is 17.8. The molecule has 4 rings (SSSR count). The van der Waals surface area contributed by atoms with Crippen molar-refractivity contribution in [3.05, 3.63) is 63.3 Å². The lowest BCUT2D eigenvalue weighted by Crippen LogP contribution is -2.42. The standard InChI is InChI=1S/C21H23FN2O3/c22-16-8-6-14(7-9-16)13-23-10-11-24-17(15-4-2-1-3-5-15)12-18(25)20(26)19(24)21(23)27/h6-9,12,15,26H,1-5,10-11,13H2. The molecule has 0 saturated heterocycles. The van der Waals surface area contributed by atoms with Crippen molar-refractivity contribution in [1.29, 1.82) is 0 Å². The van der Waals surface area contributed by atoms with Crippen LogP contribution in [0.3, 0.4) is 0 Å². The zero-order valence-corrected chi connectivity index (χ0v) is 15.2. The molecule has 2 heterocycles. The Labute approximate surface area is 157 Å². The first-order valence-corrected chi connectivity index (χ1v) is 9.55. The van der Waals surface area contributed by atoms with Gasteiger partial charge in [0.25, 0.3) is 5.91 Å². The van der Waals surface area contributed by atoms with Crippen LogP contribution in [0.1, 0.15) is 59.8 Å². The molecular formula is C21H23FN2O3. The summed E-state index contributed by atoms with van der Waals surface area (Å²) in [6.45, 7) is 1.35. The Hall–Kier alpha value is -2.63. The van der Waals surface area contributed by atoms with Crippen LogP contribution in [0.5, 0.6) is 5.75 Å². The van der Waals surface area contributed by atoms with Gasteiger partial charge in [-0.05, 0) is 36.5 Å². The number of hydrogen-bond donors (Lipinski definition) is 1. The molecule has 0 atom stereocenters. The number of amides is 1. The molecule has 1 fully saturated rings. The molecule has 0 unspecified atom stereocenters. The molecule has 2 aliphatic rings. The summed E-state index contributed by atoms with van der Waals surface area (Å²) in [5.41, 5.74) is 1.29. The van der Waals surface area contributed by atoms with E-state index >= 15 is 0 Å². The minimum Gasteiger partial charge on any atom is -0.503 e. The van der Waals surface area contributed by atoms with Gasteiger partial charge in [-0.25, -0.2) is 4.39 Å². The van der Waals surface area contributed by atoms with Gasteiger partial charge in [0.05, 0.1) is 0 Å². The van der Waals surface area contributed by atoms with Crippen LogP contribution in [0.2, 0.25) is 0 Å². The lowest BCUT2D eigenvalue weighted by molar-refractivity contribution is 0.0680. The second kappa shape index (κ2) is 7.18. The van der Waals surface area contributed by atoms with Crippen molar-refractivity contribution in [2.45, 2.75) is 51.1 Å². The van der Waals surface area contributed by atoms with Crippen molar-refractivity contribution in [2.75, 3.05) is 6.54 Å². The number of aromatic hydroxyl groups is 1. The highest BCUT2D eigenvalue weighted by Crippen LogP contribution is 2.34. The summed E-state index contributed by atoms with van der Waals surface area (Å²) in [5.74, 6) is -0.876. The number of pyridine rings is 1. The molecule has 1 saturated carbocycles. The van der Waals surface area contributed by atoms with Gasteiger partial charge in [-0.15, -0.1) is 0 Å². The number of carbonyl (C=O) groups is 1. The first-order valence-electron chi connectivity index (χ1n) is 9.55. The number of benzene rings is 1. The van der Waals surface area contributed by atoms with Gasteiger partial charge in [-0.1, -0.05) is 31.4 Å². The minimum atomic E-state index is -0.487. The molecule has 1 aliphatic carbocycles. The number of fused-ring (bicyclic) bond motifs is 1. The predicted octanol–water partition coefficient (Wildman–Crippen LogP) is 3.40. The van der Waals surface area contributed by atoms with Gasteiger partial charge in [0.1, 0.15) is 5.82 Å². The summed E-state index contributed by atoms with van der Waals surface area (Å²) < 4.78 is 14.9. The van der Waals surface area contributed by atoms with E-state index in [1.807, 2.05) is 4.57 Å². The highest BCUT2D eigenvalue weighted by molar-refractivity contribution is 5.95. The molecule has 0 radical (unpaired) electrons.